The van der Waals surface area contributed by atoms with Gasteiger partial charge in [0.2, 0.25) is 0 Å². The molecule has 2 unspecified atom stereocenters. The number of esters is 1. The summed E-state index contributed by atoms with van der Waals surface area (Å²) < 4.78 is 7.15. The molecule has 2 heterocycles. The standard InChI is InChI=1S/C22H20N4O2/c1-3-28-22(27)20-14(10-23)19-12-6-4-5-7-16(12)24-21(19)13-8-9-17-15(18(13)20)11-26(2)25-17/h4-7,11-12,16,24H,3,8-9H2,1-2H3. The van der Waals surface area contributed by atoms with Crippen LogP contribution in [0.4, 0.5) is 5.69 Å². The number of rotatable bonds is 2. The van der Waals surface area contributed by atoms with E-state index in [0.717, 1.165) is 46.5 Å². The molecule has 28 heavy (non-hydrogen) atoms. The zero-order chi connectivity index (χ0) is 19.4. The van der Waals surface area contributed by atoms with Gasteiger partial charge in [0.25, 0.3) is 0 Å². The molecule has 1 aromatic carbocycles. The van der Waals surface area contributed by atoms with Crippen molar-refractivity contribution in [3.05, 3.63) is 58.4 Å². The first kappa shape index (κ1) is 16.8. The Labute approximate surface area is 163 Å². The lowest BCUT2D eigenvalue weighted by Crippen LogP contribution is -2.18. The molecule has 0 bridgehead atoms. The second kappa shape index (κ2) is 6.10. The van der Waals surface area contributed by atoms with Gasteiger partial charge in [-0.15, -0.1) is 0 Å². The summed E-state index contributed by atoms with van der Waals surface area (Å²) in [5.74, 6) is -0.392. The lowest BCUT2D eigenvalue weighted by molar-refractivity contribution is 0.0526. The first-order valence-corrected chi connectivity index (χ1v) is 9.58. The van der Waals surface area contributed by atoms with Crippen LogP contribution in [0.25, 0.3) is 11.1 Å². The summed E-state index contributed by atoms with van der Waals surface area (Å²) >= 11 is 0. The Kier molecular flexibility index (Phi) is 3.66. The van der Waals surface area contributed by atoms with Crippen molar-refractivity contribution in [3.8, 4) is 17.2 Å². The van der Waals surface area contributed by atoms with E-state index < -0.39 is 5.97 Å². The van der Waals surface area contributed by atoms with Gasteiger partial charge in [-0.2, -0.15) is 10.4 Å². The monoisotopic (exact) mass is 372 g/mol. The lowest BCUT2D eigenvalue weighted by atomic mass is 9.78. The highest BCUT2D eigenvalue weighted by Crippen LogP contribution is 2.50. The summed E-state index contributed by atoms with van der Waals surface area (Å²) in [5, 5.41) is 18.3. The van der Waals surface area contributed by atoms with Crippen LogP contribution in [-0.4, -0.2) is 28.4 Å². The van der Waals surface area contributed by atoms with E-state index in [1.807, 2.05) is 25.4 Å². The minimum atomic E-state index is -0.436. The van der Waals surface area contributed by atoms with Crippen LogP contribution in [0, 0.1) is 11.3 Å². The molecule has 6 nitrogen and oxygen atoms in total. The van der Waals surface area contributed by atoms with Crippen molar-refractivity contribution in [1.29, 1.82) is 5.26 Å². The maximum atomic E-state index is 13.0. The highest BCUT2D eigenvalue weighted by Gasteiger charge is 2.40. The molecule has 1 N–H and O–H groups in total. The fraction of sp³-hybridized carbons (Fsp3) is 0.318. The minimum absolute atomic E-state index is 0.0448. The number of fused-ring (bicyclic) bond motifs is 7. The average Bonchev–Trinajstić information content (AvgIpc) is 3.26. The smallest absolute Gasteiger partial charge is 0.340 e. The number of hydrogen-bond acceptors (Lipinski definition) is 5. The Bertz CT molecular complexity index is 1120. The van der Waals surface area contributed by atoms with Crippen LogP contribution in [-0.2, 0) is 24.6 Å². The number of nitrogens with one attached hydrogen (secondary N) is 1. The van der Waals surface area contributed by atoms with Crippen molar-refractivity contribution in [2.24, 2.45) is 7.05 Å². The topological polar surface area (TPSA) is 79.9 Å². The van der Waals surface area contributed by atoms with Crippen molar-refractivity contribution in [2.75, 3.05) is 11.9 Å². The number of aromatic nitrogens is 2. The molecule has 0 saturated heterocycles. The molecule has 1 aromatic heterocycles. The highest BCUT2D eigenvalue weighted by molar-refractivity contribution is 6.04. The molecule has 2 aliphatic carbocycles. The van der Waals surface area contributed by atoms with Crippen LogP contribution in [0.5, 0.6) is 0 Å². The molecule has 0 fully saturated rings. The number of anilines is 1. The Morgan fingerprint density at radius 3 is 3.00 bits per heavy atom. The average molecular weight is 372 g/mol. The van der Waals surface area contributed by atoms with E-state index in [4.69, 9.17) is 4.74 Å². The van der Waals surface area contributed by atoms with E-state index in [9.17, 15) is 10.1 Å². The largest absolute Gasteiger partial charge is 0.462 e. The number of ether oxygens (including phenoxy) is 1. The van der Waals surface area contributed by atoms with E-state index in [-0.39, 0.29) is 18.6 Å². The van der Waals surface area contributed by atoms with Crippen LogP contribution in [0.15, 0.2) is 30.5 Å². The van der Waals surface area contributed by atoms with E-state index >= 15 is 0 Å². The second-order valence-corrected chi connectivity index (χ2v) is 7.35. The van der Waals surface area contributed by atoms with Gasteiger partial charge < -0.3 is 10.1 Å². The predicted molar refractivity (Wildman–Crippen MR) is 105 cm³/mol. The van der Waals surface area contributed by atoms with Crippen LogP contribution in [0.2, 0.25) is 0 Å². The Balaban J connectivity index is 1.87. The Morgan fingerprint density at radius 2 is 2.21 bits per heavy atom. The van der Waals surface area contributed by atoms with Crippen molar-refractivity contribution < 1.29 is 9.53 Å². The Morgan fingerprint density at radius 1 is 1.39 bits per heavy atom. The minimum Gasteiger partial charge on any atom is -0.462 e. The van der Waals surface area contributed by atoms with Crippen molar-refractivity contribution >= 4 is 11.7 Å². The lowest BCUT2D eigenvalue weighted by Gasteiger charge is -2.24. The van der Waals surface area contributed by atoms with E-state index in [1.54, 1.807) is 11.6 Å². The molecule has 0 spiro atoms. The zero-order valence-corrected chi connectivity index (χ0v) is 15.8. The molecule has 0 amide bonds. The van der Waals surface area contributed by atoms with Crippen molar-refractivity contribution in [2.45, 2.75) is 31.7 Å². The van der Waals surface area contributed by atoms with Gasteiger partial charge in [-0.25, -0.2) is 4.79 Å². The van der Waals surface area contributed by atoms with Gasteiger partial charge in [0.15, 0.2) is 0 Å². The third kappa shape index (κ3) is 2.19. The fourth-order valence-corrected chi connectivity index (χ4v) is 4.75. The van der Waals surface area contributed by atoms with Crippen LogP contribution in [0.3, 0.4) is 0 Å². The third-order valence-electron chi connectivity index (χ3n) is 5.80. The zero-order valence-electron chi connectivity index (χ0n) is 15.8. The predicted octanol–water partition coefficient (Wildman–Crippen LogP) is 3.24. The number of nitrogens with zero attached hydrogens (tertiary/aromatic N) is 3. The van der Waals surface area contributed by atoms with Crippen molar-refractivity contribution in [3.63, 3.8) is 0 Å². The molecule has 2 atom stereocenters. The Hall–Kier alpha value is -3.33. The van der Waals surface area contributed by atoms with Gasteiger partial charge in [0.05, 0.1) is 29.5 Å². The van der Waals surface area contributed by atoms with Gasteiger partial charge in [0, 0.05) is 41.5 Å². The number of carbonyl (C=O) groups is 1. The number of benzene rings is 1. The van der Waals surface area contributed by atoms with Gasteiger partial charge in [0.1, 0.15) is 6.07 Å². The van der Waals surface area contributed by atoms with E-state index in [1.165, 1.54) is 0 Å². The summed E-state index contributed by atoms with van der Waals surface area (Å²) in [6.45, 7) is 2.05. The maximum Gasteiger partial charge on any atom is 0.340 e. The molecule has 0 saturated carbocycles. The highest BCUT2D eigenvalue weighted by atomic mass is 16.5. The molecule has 5 rings (SSSR count). The maximum absolute atomic E-state index is 13.0. The number of aryl methyl sites for hydroxylation is 2. The molecule has 3 aliphatic rings. The molecule has 0 radical (unpaired) electrons. The summed E-state index contributed by atoms with van der Waals surface area (Å²) in [5.41, 5.74) is 6.51. The summed E-state index contributed by atoms with van der Waals surface area (Å²) in [7, 11) is 1.88. The quantitative estimate of drug-likeness (QED) is 0.819. The summed E-state index contributed by atoms with van der Waals surface area (Å²) in [4.78, 5) is 13.0. The van der Waals surface area contributed by atoms with Gasteiger partial charge in [-0.1, -0.05) is 24.3 Å². The first-order valence-electron chi connectivity index (χ1n) is 9.58. The third-order valence-corrected chi connectivity index (χ3v) is 5.80. The normalized spacial score (nSPS) is 20.5. The van der Waals surface area contributed by atoms with Crippen molar-refractivity contribution in [1.82, 2.24) is 9.78 Å². The SMILES string of the molecule is CCOC(=O)c1c(C#N)c2c(c3c1-c1cn(C)nc1CC3)NC1C=CC=CC21. The number of hydrogen-bond donors (Lipinski definition) is 1. The van der Waals surface area contributed by atoms with Crippen LogP contribution in [0.1, 0.15) is 45.6 Å². The molecule has 140 valence electrons. The molecule has 1 aliphatic heterocycles. The van der Waals surface area contributed by atoms with E-state index in [0.29, 0.717) is 11.1 Å². The van der Waals surface area contributed by atoms with Gasteiger partial charge in [-0.05, 0) is 25.3 Å². The molecule has 2 aromatic rings. The second-order valence-electron chi connectivity index (χ2n) is 7.35. The molecular formula is C22H20N4O2. The number of carbonyl (C=O) groups excluding carboxylic acids is 1. The van der Waals surface area contributed by atoms with Crippen LogP contribution >= 0.6 is 0 Å². The first-order chi connectivity index (χ1) is 13.6. The summed E-state index contributed by atoms with van der Waals surface area (Å²) in [6.07, 6.45) is 11.8. The van der Waals surface area contributed by atoms with Gasteiger partial charge in [-0.3, -0.25) is 4.68 Å². The molecule has 6 heteroatoms. The molecular weight excluding hydrogens is 352 g/mol. The van der Waals surface area contributed by atoms with E-state index in [2.05, 4.69) is 28.6 Å². The van der Waals surface area contributed by atoms with Gasteiger partial charge >= 0.3 is 5.97 Å². The number of allylic oxidation sites excluding steroid dienone is 2. The number of nitriles is 1. The van der Waals surface area contributed by atoms with Crippen LogP contribution < -0.4 is 5.32 Å². The fourth-order valence-electron chi connectivity index (χ4n) is 4.75. The summed E-state index contributed by atoms with van der Waals surface area (Å²) in [6, 6.07) is 2.43.